The molecule has 19 heavy (non-hydrogen) atoms. The Morgan fingerprint density at radius 1 is 1.21 bits per heavy atom. The van der Waals surface area contributed by atoms with Crippen LogP contribution in [-0.2, 0) is 19.1 Å². The van der Waals surface area contributed by atoms with Crippen molar-refractivity contribution in [3.8, 4) is 0 Å². The lowest BCUT2D eigenvalue weighted by Crippen LogP contribution is -2.35. The predicted molar refractivity (Wildman–Crippen MR) is 73.8 cm³/mol. The van der Waals surface area contributed by atoms with Gasteiger partial charge in [0.05, 0.1) is 13.0 Å². The van der Waals surface area contributed by atoms with E-state index in [1.54, 1.807) is 18.9 Å². The minimum atomic E-state index is -0.253. The number of hydrogen-bond donors (Lipinski definition) is 0. The Bertz CT molecular complexity index is 266. The third-order valence-electron chi connectivity index (χ3n) is 2.60. The van der Waals surface area contributed by atoms with Crippen LogP contribution < -0.4 is 0 Å². The summed E-state index contributed by atoms with van der Waals surface area (Å²) >= 11 is 0. The monoisotopic (exact) mass is 273 g/mol. The molecule has 0 aliphatic rings. The first kappa shape index (κ1) is 17.9. The Hall–Kier alpha value is -1.10. The molecule has 0 rings (SSSR count). The summed E-state index contributed by atoms with van der Waals surface area (Å²) in [5.74, 6) is 0.159. The third kappa shape index (κ3) is 9.47. The lowest BCUT2D eigenvalue weighted by atomic mass is 10.1. The van der Waals surface area contributed by atoms with Crippen molar-refractivity contribution < 1.29 is 19.1 Å². The molecule has 0 aromatic carbocycles. The Labute approximate surface area is 116 Å². The summed E-state index contributed by atoms with van der Waals surface area (Å²) in [6.07, 6.45) is 1.55. The SMILES string of the molecule is CCOC(=O)CCN(CCCOC)C(=O)CC(C)C. The molecule has 0 atom stereocenters. The van der Waals surface area contributed by atoms with Crippen LogP contribution >= 0.6 is 0 Å². The van der Waals surface area contributed by atoms with Crippen molar-refractivity contribution in [1.82, 2.24) is 4.90 Å². The van der Waals surface area contributed by atoms with Crippen molar-refractivity contribution in [3.63, 3.8) is 0 Å². The highest BCUT2D eigenvalue weighted by molar-refractivity contribution is 5.77. The predicted octanol–water partition coefficient (Wildman–Crippen LogP) is 1.85. The van der Waals surface area contributed by atoms with Crippen LogP contribution in [-0.4, -0.2) is 50.2 Å². The van der Waals surface area contributed by atoms with E-state index < -0.39 is 0 Å². The standard InChI is InChI=1S/C14H27NO4/c1-5-19-14(17)7-9-15(8-6-10-18-4)13(16)11-12(2)3/h12H,5-11H2,1-4H3. The molecule has 5 nitrogen and oxygen atoms in total. The molecule has 0 saturated carbocycles. The molecule has 5 heteroatoms. The zero-order valence-corrected chi connectivity index (χ0v) is 12.6. The summed E-state index contributed by atoms with van der Waals surface area (Å²) in [5, 5.41) is 0. The van der Waals surface area contributed by atoms with Gasteiger partial charge in [-0.05, 0) is 19.3 Å². The highest BCUT2D eigenvalue weighted by atomic mass is 16.5. The van der Waals surface area contributed by atoms with Gasteiger partial charge in [-0.15, -0.1) is 0 Å². The average molecular weight is 273 g/mol. The number of amides is 1. The number of hydrogen-bond acceptors (Lipinski definition) is 4. The van der Waals surface area contributed by atoms with Crippen molar-refractivity contribution in [2.75, 3.05) is 33.4 Å². The summed E-state index contributed by atoms with van der Waals surface area (Å²) in [6.45, 7) is 7.84. The molecule has 0 fully saturated rings. The van der Waals surface area contributed by atoms with Crippen LogP contribution in [0.15, 0.2) is 0 Å². The van der Waals surface area contributed by atoms with Crippen molar-refractivity contribution >= 4 is 11.9 Å². The third-order valence-corrected chi connectivity index (χ3v) is 2.60. The maximum absolute atomic E-state index is 12.1. The average Bonchev–Trinajstić information content (AvgIpc) is 2.32. The van der Waals surface area contributed by atoms with Crippen LogP contribution in [0.1, 0.15) is 40.0 Å². The van der Waals surface area contributed by atoms with E-state index in [1.807, 2.05) is 13.8 Å². The first-order chi connectivity index (χ1) is 9.01. The summed E-state index contributed by atoms with van der Waals surface area (Å²) in [4.78, 5) is 25.1. The van der Waals surface area contributed by atoms with Gasteiger partial charge >= 0.3 is 5.97 Å². The van der Waals surface area contributed by atoms with Gasteiger partial charge in [-0.25, -0.2) is 0 Å². The van der Waals surface area contributed by atoms with Crippen molar-refractivity contribution in [2.24, 2.45) is 5.92 Å². The van der Waals surface area contributed by atoms with E-state index in [4.69, 9.17) is 9.47 Å². The normalized spacial score (nSPS) is 10.6. The second-order valence-electron chi connectivity index (χ2n) is 4.88. The van der Waals surface area contributed by atoms with Crippen LogP contribution in [0.3, 0.4) is 0 Å². The van der Waals surface area contributed by atoms with E-state index in [-0.39, 0.29) is 18.3 Å². The van der Waals surface area contributed by atoms with E-state index in [0.717, 1.165) is 6.42 Å². The Balaban J connectivity index is 4.23. The van der Waals surface area contributed by atoms with Gasteiger partial charge in [0.2, 0.25) is 5.91 Å². The molecule has 0 N–H and O–H groups in total. The molecular formula is C14H27NO4. The van der Waals surface area contributed by atoms with Crippen molar-refractivity contribution in [3.05, 3.63) is 0 Å². The van der Waals surface area contributed by atoms with Gasteiger partial charge in [0.15, 0.2) is 0 Å². The van der Waals surface area contributed by atoms with Gasteiger partial charge in [-0.1, -0.05) is 13.8 Å². The molecular weight excluding hydrogens is 246 g/mol. The largest absolute Gasteiger partial charge is 0.466 e. The lowest BCUT2D eigenvalue weighted by molar-refractivity contribution is -0.144. The number of rotatable bonds is 10. The quantitative estimate of drug-likeness (QED) is 0.450. The van der Waals surface area contributed by atoms with Crippen molar-refractivity contribution in [1.29, 1.82) is 0 Å². The molecule has 0 aliphatic carbocycles. The van der Waals surface area contributed by atoms with Gasteiger partial charge in [0.25, 0.3) is 0 Å². The molecule has 112 valence electrons. The Morgan fingerprint density at radius 3 is 2.42 bits per heavy atom. The van der Waals surface area contributed by atoms with E-state index in [0.29, 0.717) is 38.6 Å². The van der Waals surface area contributed by atoms with Crippen LogP contribution in [0, 0.1) is 5.92 Å². The highest BCUT2D eigenvalue weighted by Gasteiger charge is 2.16. The highest BCUT2D eigenvalue weighted by Crippen LogP contribution is 2.06. The smallest absolute Gasteiger partial charge is 0.307 e. The number of nitrogens with zero attached hydrogens (tertiary/aromatic N) is 1. The fourth-order valence-electron chi connectivity index (χ4n) is 1.70. The van der Waals surface area contributed by atoms with Gasteiger partial charge in [0.1, 0.15) is 0 Å². The number of carbonyl (C=O) groups is 2. The van der Waals surface area contributed by atoms with Gasteiger partial charge in [0, 0.05) is 33.2 Å². The zero-order valence-electron chi connectivity index (χ0n) is 12.6. The number of esters is 1. The maximum Gasteiger partial charge on any atom is 0.307 e. The van der Waals surface area contributed by atoms with Crippen LogP contribution in [0.2, 0.25) is 0 Å². The fraction of sp³-hybridized carbons (Fsp3) is 0.857. The van der Waals surface area contributed by atoms with Gasteiger partial charge < -0.3 is 14.4 Å². The molecule has 0 unspecified atom stereocenters. The summed E-state index contributed by atoms with van der Waals surface area (Å²) in [7, 11) is 1.64. The Kier molecular flexibility index (Phi) is 10.2. The van der Waals surface area contributed by atoms with Crippen molar-refractivity contribution in [2.45, 2.75) is 40.0 Å². The summed E-state index contributed by atoms with van der Waals surface area (Å²) in [5.41, 5.74) is 0. The van der Waals surface area contributed by atoms with E-state index in [9.17, 15) is 9.59 Å². The molecule has 0 aliphatic heterocycles. The molecule has 0 radical (unpaired) electrons. The minimum Gasteiger partial charge on any atom is -0.466 e. The molecule has 0 aromatic rings. The molecule has 0 aromatic heterocycles. The molecule has 0 saturated heterocycles. The molecule has 1 amide bonds. The number of carbonyl (C=O) groups excluding carboxylic acids is 2. The van der Waals surface area contributed by atoms with Gasteiger partial charge in [-0.3, -0.25) is 9.59 Å². The molecule has 0 heterocycles. The van der Waals surface area contributed by atoms with Crippen LogP contribution in [0.4, 0.5) is 0 Å². The topological polar surface area (TPSA) is 55.8 Å². The summed E-state index contributed by atoms with van der Waals surface area (Å²) < 4.78 is 9.86. The van der Waals surface area contributed by atoms with Gasteiger partial charge in [-0.2, -0.15) is 0 Å². The molecule has 0 spiro atoms. The second kappa shape index (κ2) is 10.8. The summed E-state index contributed by atoms with van der Waals surface area (Å²) in [6, 6.07) is 0. The minimum absolute atomic E-state index is 0.0930. The lowest BCUT2D eigenvalue weighted by Gasteiger charge is -2.23. The molecule has 0 bridgehead atoms. The zero-order chi connectivity index (χ0) is 14.7. The van der Waals surface area contributed by atoms with E-state index in [1.165, 1.54) is 0 Å². The maximum atomic E-state index is 12.1. The number of methoxy groups -OCH3 is 1. The van der Waals surface area contributed by atoms with E-state index >= 15 is 0 Å². The second-order valence-corrected chi connectivity index (χ2v) is 4.88. The fourth-order valence-corrected chi connectivity index (χ4v) is 1.70. The van der Waals surface area contributed by atoms with E-state index in [2.05, 4.69) is 0 Å². The van der Waals surface area contributed by atoms with Crippen LogP contribution in [0.5, 0.6) is 0 Å². The Morgan fingerprint density at radius 2 is 1.89 bits per heavy atom. The first-order valence-electron chi connectivity index (χ1n) is 6.93. The number of ether oxygens (including phenoxy) is 2. The van der Waals surface area contributed by atoms with Crippen LogP contribution in [0.25, 0.3) is 0 Å². The first-order valence-corrected chi connectivity index (χ1v) is 6.93.